The van der Waals surface area contributed by atoms with Crippen LogP contribution in [-0.4, -0.2) is 37.0 Å². The van der Waals surface area contributed by atoms with Gasteiger partial charge in [-0.25, -0.2) is 0 Å². The highest BCUT2D eigenvalue weighted by atomic mass is 16.5. The summed E-state index contributed by atoms with van der Waals surface area (Å²) in [7, 11) is 0. The Hall–Kier alpha value is -0.120. The Labute approximate surface area is 79.5 Å². The van der Waals surface area contributed by atoms with Gasteiger partial charge in [-0.15, -0.1) is 0 Å². The van der Waals surface area contributed by atoms with Gasteiger partial charge in [0.05, 0.1) is 6.10 Å². The van der Waals surface area contributed by atoms with Crippen molar-refractivity contribution in [3.63, 3.8) is 0 Å². The molecular weight excluding hydrogens is 166 g/mol. The zero-order chi connectivity index (χ0) is 9.31. The Morgan fingerprint density at radius 2 is 2.23 bits per heavy atom. The normalized spacial score (nSPS) is 33.2. The molecule has 3 heteroatoms. The Bertz CT molecular complexity index is 176. The van der Waals surface area contributed by atoms with E-state index in [9.17, 15) is 0 Å². The molecule has 0 aromatic heterocycles. The fourth-order valence-corrected chi connectivity index (χ4v) is 2.28. The second-order valence-electron chi connectivity index (χ2n) is 4.49. The highest BCUT2D eigenvalue weighted by Gasteiger charge is 2.53. The number of aliphatic hydroxyl groups excluding tert-OH is 1. The molecular formula is C10H19NO2. The summed E-state index contributed by atoms with van der Waals surface area (Å²) in [6.45, 7) is 4.40. The van der Waals surface area contributed by atoms with Crippen molar-refractivity contribution in [1.29, 1.82) is 0 Å². The predicted molar refractivity (Wildman–Crippen MR) is 50.6 cm³/mol. The molecule has 1 saturated heterocycles. The van der Waals surface area contributed by atoms with Crippen molar-refractivity contribution in [1.82, 2.24) is 5.32 Å². The van der Waals surface area contributed by atoms with Gasteiger partial charge in [0.2, 0.25) is 0 Å². The van der Waals surface area contributed by atoms with Gasteiger partial charge in [0, 0.05) is 25.8 Å². The predicted octanol–water partition coefficient (Wildman–Crippen LogP) is 0.526. The molecule has 2 rings (SSSR count). The summed E-state index contributed by atoms with van der Waals surface area (Å²) in [5, 5.41) is 12.5. The van der Waals surface area contributed by atoms with E-state index in [2.05, 4.69) is 5.32 Å². The minimum atomic E-state index is -0.225. The lowest BCUT2D eigenvalue weighted by Gasteiger charge is -2.23. The molecule has 0 bridgehead atoms. The monoisotopic (exact) mass is 185 g/mol. The summed E-state index contributed by atoms with van der Waals surface area (Å²) < 4.78 is 5.34. The summed E-state index contributed by atoms with van der Waals surface area (Å²) in [6.07, 6.45) is 3.45. The van der Waals surface area contributed by atoms with Crippen LogP contribution in [0.4, 0.5) is 0 Å². The Kier molecular flexibility index (Phi) is 2.58. The lowest BCUT2D eigenvalue weighted by molar-refractivity contribution is 0.0537. The highest BCUT2D eigenvalue weighted by Crippen LogP contribution is 2.53. The maximum absolute atomic E-state index is 9.13. The molecule has 2 aliphatic rings. The molecule has 2 atom stereocenters. The third-order valence-electron chi connectivity index (χ3n) is 3.34. The molecule has 0 amide bonds. The van der Waals surface area contributed by atoms with E-state index in [0.717, 1.165) is 19.8 Å². The van der Waals surface area contributed by atoms with Gasteiger partial charge in [-0.3, -0.25) is 0 Å². The average Bonchev–Trinajstić information content (AvgIpc) is 2.77. The maximum Gasteiger partial charge on any atom is 0.0636 e. The molecule has 1 aliphatic carbocycles. The molecule has 2 N–H and O–H groups in total. The molecule has 1 saturated carbocycles. The highest BCUT2D eigenvalue weighted by molar-refractivity contribution is 5.08. The van der Waals surface area contributed by atoms with Crippen molar-refractivity contribution in [3.8, 4) is 0 Å². The number of aliphatic hydroxyl groups is 1. The topological polar surface area (TPSA) is 41.5 Å². The van der Waals surface area contributed by atoms with Crippen molar-refractivity contribution >= 4 is 0 Å². The van der Waals surface area contributed by atoms with Crippen molar-refractivity contribution in [3.05, 3.63) is 0 Å². The summed E-state index contributed by atoms with van der Waals surface area (Å²) >= 11 is 0. The second-order valence-corrected chi connectivity index (χ2v) is 4.49. The number of nitrogens with one attached hydrogen (secondary N) is 1. The van der Waals surface area contributed by atoms with Crippen molar-refractivity contribution in [2.75, 3.05) is 19.8 Å². The molecule has 0 aromatic carbocycles. The molecule has 0 radical (unpaired) electrons. The Morgan fingerprint density at radius 1 is 1.54 bits per heavy atom. The molecule has 76 valence electrons. The Morgan fingerprint density at radius 3 is 2.85 bits per heavy atom. The molecule has 1 heterocycles. The molecule has 1 aliphatic heterocycles. The first-order valence-electron chi connectivity index (χ1n) is 5.22. The van der Waals surface area contributed by atoms with Crippen LogP contribution < -0.4 is 5.32 Å². The van der Waals surface area contributed by atoms with Gasteiger partial charge in [-0.05, 0) is 31.6 Å². The molecule has 1 unspecified atom stereocenters. The van der Waals surface area contributed by atoms with Crippen LogP contribution in [0.25, 0.3) is 0 Å². The van der Waals surface area contributed by atoms with E-state index in [0.29, 0.717) is 11.5 Å². The molecule has 2 fully saturated rings. The third kappa shape index (κ3) is 2.03. The lowest BCUT2D eigenvalue weighted by atomic mass is 9.96. The smallest absolute Gasteiger partial charge is 0.0636 e. The SMILES string of the molecule is C[C@@H](O)CNC1CC12CCOCC2. The summed E-state index contributed by atoms with van der Waals surface area (Å²) in [5.74, 6) is 0. The van der Waals surface area contributed by atoms with Crippen molar-refractivity contribution in [2.24, 2.45) is 5.41 Å². The van der Waals surface area contributed by atoms with Crippen molar-refractivity contribution < 1.29 is 9.84 Å². The minimum Gasteiger partial charge on any atom is -0.392 e. The van der Waals surface area contributed by atoms with Crippen LogP contribution in [-0.2, 0) is 4.74 Å². The number of hydrogen-bond donors (Lipinski definition) is 2. The second kappa shape index (κ2) is 3.56. The van der Waals surface area contributed by atoms with Gasteiger partial charge in [-0.1, -0.05) is 0 Å². The van der Waals surface area contributed by atoms with Crippen LogP contribution in [0.1, 0.15) is 26.2 Å². The number of rotatable bonds is 3. The first-order chi connectivity index (χ1) is 6.23. The van der Waals surface area contributed by atoms with Crippen LogP contribution in [0.3, 0.4) is 0 Å². The van der Waals surface area contributed by atoms with Gasteiger partial charge < -0.3 is 15.2 Å². The fourth-order valence-electron chi connectivity index (χ4n) is 2.28. The van der Waals surface area contributed by atoms with Crippen LogP contribution in [0.15, 0.2) is 0 Å². The van der Waals surface area contributed by atoms with Crippen LogP contribution >= 0.6 is 0 Å². The molecule has 1 spiro atoms. The molecule has 0 aromatic rings. The van der Waals surface area contributed by atoms with Gasteiger partial charge in [0.15, 0.2) is 0 Å². The lowest BCUT2D eigenvalue weighted by Crippen LogP contribution is -2.32. The quantitative estimate of drug-likeness (QED) is 0.674. The summed E-state index contributed by atoms with van der Waals surface area (Å²) in [6, 6.07) is 0.644. The molecule has 13 heavy (non-hydrogen) atoms. The van der Waals surface area contributed by atoms with Gasteiger partial charge >= 0.3 is 0 Å². The summed E-state index contributed by atoms with van der Waals surface area (Å²) in [5.41, 5.74) is 0.535. The van der Waals surface area contributed by atoms with Crippen molar-refractivity contribution in [2.45, 2.75) is 38.3 Å². The van der Waals surface area contributed by atoms with Crippen LogP contribution in [0, 0.1) is 5.41 Å². The average molecular weight is 185 g/mol. The first kappa shape index (κ1) is 9.44. The maximum atomic E-state index is 9.13. The number of hydrogen-bond acceptors (Lipinski definition) is 3. The summed E-state index contributed by atoms with van der Waals surface area (Å²) in [4.78, 5) is 0. The third-order valence-corrected chi connectivity index (χ3v) is 3.34. The Balaban J connectivity index is 1.73. The van der Waals surface area contributed by atoms with Crippen LogP contribution in [0.2, 0.25) is 0 Å². The van der Waals surface area contributed by atoms with Crippen LogP contribution in [0.5, 0.6) is 0 Å². The van der Waals surface area contributed by atoms with E-state index in [1.54, 1.807) is 0 Å². The van der Waals surface area contributed by atoms with E-state index in [4.69, 9.17) is 9.84 Å². The number of ether oxygens (including phenoxy) is 1. The van der Waals surface area contributed by atoms with E-state index in [-0.39, 0.29) is 6.10 Å². The zero-order valence-corrected chi connectivity index (χ0v) is 8.25. The molecule has 3 nitrogen and oxygen atoms in total. The standard InChI is InChI=1S/C10H19NO2/c1-8(12)7-11-9-6-10(9)2-4-13-5-3-10/h8-9,11-12H,2-7H2,1H3/t8-,9?/m1/s1. The largest absolute Gasteiger partial charge is 0.392 e. The zero-order valence-electron chi connectivity index (χ0n) is 8.25. The van der Waals surface area contributed by atoms with E-state index in [1.165, 1.54) is 19.3 Å². The van der Waals surface area contributed by atoms with Gasteiger partial charge in [0.1, 0.15) is 0 Å². The fraction of sp³-hybridized carbons (Fsp3) is 1.00. The van der Waals surface area contributed by atoms with E-state index >= 15 is 0 Å². The van der Waals surface area contributed by atoms with Gasteiger partial charge in [0.25, 0.3) is 0 Å². The minimum absolute atomic E-state index is 0.225. The van der Waals surface area contributed by atoms with E-state index < -0.39 is 0 Å². The first-order valence-corrected chi connectivity index (χ1v) is 5.22. The van der Waals surface area contributed by atoms with E-state index in [1.807, 2.05) is 6.92 Å². The van der Waals surface area contributed by atoms with Gasteiger partial charge in [-0.2, -0.15) is 0 Å².